The van der Waals surface area contributed by atoms with E-state index in [0.717, 1.165) is 7.55 Å². The quantitative estimate of drug-likeness (QED) is 0.619. The molecule has 1 aromatic heterocycles. The molecule has 1 rings (SSSR count). The number of hydrogen-bond donors (Lipinski definition) is 0. The van der Waals surface area contributed by atoms with Crippen LogP contribution in [0.4, 0.5) is 0 Å². The van der Waals surface area contributed by atoms with Crippen molar-refractivity contribution in [1.82, 2.24) is 0 Å². The summed E-state index contributed by atoms with van der Waals surface area (Å²) in [5.41, 5.74) is 0. The molecule has 0 aromatic carbocycles. The van der Waals surface area contributed by atoms with E-state index < -0.39 is 0 Å². The van der Waals surface area contributed by atoms with Gasteiger partial charge in [-0.25, -0.2) is 0 Å². The summed E-state index contributed by atoms with van der Waals surface area (Å²) in [6, 6.07) is 0. The van der Waals surface area contributed by atoms with Crippen LogP contribution in [0, 0.1) is 0 Å². The fraction of sp³-hybridized carbons (Fsp3) is 0.600. The van der Waals surface area contributed by atoms with Gasteiger partial charge in [-0.3, -0.25) is 0 Å². The maximum atomic E-state index is 2.38. The molecule has 0 nitrogen and oxygen atoms in total. The lowest BCUT2D eigenvalue weighted by molar-refractivity contribution is 0.942. The zero-order valence-corrected chi connectivity index (χ0v) is 7.67. The van der Waals surface area contributed by atoms with Gasteiger partial charge < -0.3 is 0 Å². The molecule has 0 aliphatic rings. The fourth-order valence-electron chi connectivity index (χ4n) is 0.602. The van der Waals surface area contributed by atoms with Crippen LogP contribution in [-0.4, -0.2) is 0 Å². The van der Waals surface area contributed by atoms with Gasteiger partial charge in [-0.15, -0.1) is 0 Å². The summed E-state index contributed by atoms with van der Waals surface area (Å²) in [6.45, 7) is 2.24. The summed E-state index contributed by atoms with van der Waals surface area (Å²) in [7, 11) is 4.33. The first-order valence-electron chi connectivity index (χ1n) is 2.78. The van der Waals surface area contributed by atoms with Crippen LogP contribution < -0.4 is 0 Å². The van der Waals surface area contributed by atoms with E-state index in [0.29, 0.717) is 0 Å². The molecule has 0 fully saturated rings. The summed E-state index contributed by atoms with van der Waals surface area (Å²) < 4.78 is 0. The Morgan fingerprint density at radius 3 is 3.12 bits per heavy atom. The second-order valence-corrected chi connectivity index (χ2v) is 7.07. The van der Waals surface area contributed by atoms with Gasteiger partial charge in [-0.05, 0) is 25.4 Å². The predicted molar refractivity (Wildman–Crippen MR) is 45.0 cm³/mol. The normalized spacial score (nSPS) is 12.6. The van der Waals surface area contributed by atoms with Crippen molar-refractivity contribution < 1.29 is 0 Å². The molecule has 8 heavy (non-hydrogen) atoms. The van der Waals surface area contributed by atoms with Crippen LogP contribution in [0.15, 0.2) is 5.80 Å². The Hall–Kier alpha value is 0.640. The van der Waals surface area contributed by atoms with Gasteiger partial charge in [0.15, 0.2) is 0 Å². The Balaban J connectivity index is 2.50. The van der Waals surface area contributed by atoms with E-state index in [1.165, 1.54) is 12.8 Å². The van der Waals surface area contributed by atoms with E-state index in [-0.39, 0.29) is 0 Å². The highest BCUT2D eigenvalue weighted by Gasteiger charge is 1.87. The van der Waals surface area contributed by atoms with Crippen molar-refractivity contribution in [3.63, 3.8) is 0 Å². The summed E-state index contributed by atoms with van der Waals surface area (Å²) in [5.74, 6) is 2.38. The SMILES string of the molecule is CCCc1cp[pH]p1. The second kappa shape index (κ2) is 3.62. The molecule has 0 amide bonds. The zero-order chi connectivity index (χ0) is 5.82. The lowest BCUT2D eigenvalue weighted by Crippen LogP contribution is -1.70. The Bertz CT molecular complexity index is 133. The molecule has 1 aromatic rings. The molecule has 0 aliphatic carbocycles. The van der Waals surface area contributed by atoms with E-state index in [2.05, 4.69) is 12.7 Å². The fourth-order valence-corrected chi connectivity index (χ4v) is 6.44. The lowest BCUT2D eigenvalue weighted by atomic mass is 10.3. The first-order chi connectivity index (χ1) is 3.93. The van der Waals surface area contributed by atoms with Crippen LogP contribution in [0.25, 0.3) is 0 Å². The molecule has 0 aliphatic heterocycles. The van der Waals surface area contributed by atoms with Gasteiger partial charge in [0.1, 0.15) is 0 Å². The Kier molecular flexibility index (Phi) is 3.06. The summed E-state index contributed by atoms with van der Waals surface area (Å²) in [6.07, 6.45) is 2.65. The highest BCUT2D eigenvalue weighted by molar-refractivity contribution is 8.17. The maximum Gasteiger partial charge on any atom is -0.0118 e. The molecule has 0 saturated heterocycles. The van der Waals surface area contributed by atoms with Gasteiger partial charge in [-0.2, -0.15) is 0 Å². The summed E-state index contributed by atoms with van der Waals surface area (Å²) in [4.78, 5) is 0. The predicted octanol–water partition coefficient (Wildman–Crippen LogP) is 3.83. The lowest BCUT2D eigenvalue weighted by Gasteiger charge is -1.85. The maximum absolute atomic E-state index is 2.38. The Labute approximate surface area is 54.8 Å². The molecule has 0 N–H and O–H groups in total. The minimum atomic E-state index is 1.15. The second-order valence-electron chi connectivity index (χ2n) is 1.71. The van der Waals surface area contributed by atoms with Crippen LogP contribution in [-0.2, 0) is 6.42 Å². The molecular weight excluding hydrogens is 153 g/mol. The van der Waals surface area contributed by atoms with Crippen molar-refractivity contribution in [2.24, 2.45) is 0 Å². The van der Waals surface area contributed by atoms with Crippen molar-refractivity contribution >= 4 is 23.3 Å². The van der Waals surface area contributed by atoms with Gasteiger partial charge >= 0.3 is 0 Å². The van der Waals surface area contributed by atoms with Crippen molar-refractivity contribution in [2.75, 3.05) is 0 Å². The van der Waals surface area contributed by atoms with Crippen LogP contribution in [0.1, 0.15) is 18.6 Å². The monoisotopic (exact) mass is 162 g/mol. The standard InChI is InChI=1S/C5H9P3/c1-2-3-5-4-6-8-7-5/h4,8H,2-3H2,1H3. The third-order valence-electron chi connectivity index (χ3n) is 0.971. The first kappa shape index (κ1) is 6.76. The van der Waals surface area contributed by atoms with Gasteiger partial charge in [0.25, 0.3) is 0 Å². The van der Waals surface area contributed by atoms with Crippen LogP contribution in [0.3, 0.4) is 0 Å². The minimum Gasteiger partial charge on any atom is -0.0816 e. The Morgan fingerprint density at radius 1 is 1.75 bits per heavy atom. The molecular formula is C5H9P3. The average Bonchev–Trinajstić information content (AvgIpc) is 2.19. The van der Waals surface area contributed by atoms with Gasteiger partial charge in [-0.1, -0.05) is 28.8 Å². The van der Waals surface area contributed by atoms with Crippen LogP contribution in [0.2, 0.25) is 0 Å². The molecule has 1 atom stereocenters. The van der Waals surface area contributed by atoms with Crippen molar-refractivity contribution in [3.05, 3.63) is 11.1 Å². The molecule has 44 valence electrons. The van der Waals surface area contributed by atoms with Gasteiger partial charge in [0.05, 0.1) is 0 Å². The summed E-state index contributed by atoms with van der Waals surface area (Å²) in [5, 5.41) is 1.67. The number of hydrogen-bond acceptors (Lipinski definition) is 0. The van der Waals surface area contributed by atoms with Gasteiger partial charge in [0, 0.05) is 0 Å². The van der Waals surface area contributed by atoms with E-state index in [4.69, 9.17) is 0 Å². The smallest absolute Gasteiger partial charge is 0.0118 e. The largest absolute Gasteiger partial charge is 0.0816 e. The van der Waals surface area contributed by atoms with Crippen LogP contribution >= 0.6 is 23.3 Å². The molecule has 1 heterocycles. The van der Waals surface area contributed by atoms with Crippen LogP contribution in [0.5, 0.6) is 0 Å². The highest BCUT2D eigenvalue weighted by Crippen LogP contribution is 2.36. The molecule has 3 heteroatoms. The van der Waals surface area contributed by atoms with E-state index in [9.17, 15) is 0 Å². The first-order valence-corrected chi connectivity index (χ1v) is 7.32. The van der Waals surface area contributed by atoms with Crippen molar-refractivity contribution in [1.29, 1.82) is 0 Å². The van der Waals surface area contributed by atoms with Crippen molar-refractivity contribution in [2.45, 2.75) is 19.8 Å². The highest BCUT2D eigenvalue weighted by atomic mass is 32.1. The summed E-state index contributed by atoms with van der Waals surface area (Å²) >= 11 is 0. The molecule has 0 spiro atoms. The molecule has 0 saturated carbocycles. The van der Waals surface area contributed by atoms with E-state index >= 15 is 0 Å². The van der Waals surface area contributed by atoms with E-state index in [1.54, 1.807) is 21.0 Å². The minimum absolute atomic E-state index is 1.15. The zero-order valence-electron chi connectivity index (χ0n) is 4.89. The molecule has 1 unspecified atom stereocenters. The topological polar surface area (TPSA) is 0 Å². The number of rotatable bonds is 2. The molecule has 0 bridgehead atoms. The van der Waals surface area contributed by atoms with E-state index in [1.807, 2.05) is 0 Å². The third kappa shape index (κ3) is 1.87. The third-order valence-corrected chi connectivity index (χ3v) is 6.31. The Morgan fingerprint density at radius 2 is 2.62 bits per heavy atom. The average molecular weight is 162 g/mol. The number of aryl methyl sites for hydroxylation is 1. The molecule has 0 radical (unpaired) electrons. The van der Waals surface area contributed by atoms with Gasteiger partial charge in [0.2, 0.25) is 0 Å². The van der Waals surface area contributed by atoms with Crippen molar-refractivity contribution in [3.8, 4) is 0 Å².